The number of esters is 1. The van der Waals surface area contributed by atoms with Crippen molar-refractivity contribution >= 4 is 11.9 Å². The molecule has 0 aliphatic carbocycles. The molecule has 1 aromatic rings. The van der Waals surface area contributed by atoms with Gasteiger partial charge in [-0.05, 0) is 25.1 Å². The van der Waals surface area contributed by atoms with Gasteiger partial charge in [-0.25, -0.2) is 8.78 Å². The Morgan fingerprint density at radius 2 is 2.19 bits per heavy atom. The fourth-order valence-corrected chi connectivity index (χ4v) is 2.37. The van der Waals surface area contributed by atoms with E-state index in [-0.39, 0.29) is 30.4 Å². The lowest BCUT2D eigenvalue weighted by molar-refractivity contribution is -0.144. The van der Waals surface area contributed by atoms with Gasteiger partial charge in [-0.2, -0.15) is 0 Å². The van der Waals surface area contributed by atoms with Crippen molar-refractivity contribution in [3.05, 3.63) is 35.4 Å². The summed E-state index contributed by atoms with van der Waals surface area (Å²) in [6, 6.07) is 2.95. The van der Waals surface area contributed by atoms with Crippen molar-refractivity contribution < 1.29 is 23.1 Å². The number of amides is 1. The topological polar surface area (TPSA) is 46.6 Å². The summed E-state index contributed by atoms with van der Waals surface area (Å²) in [5.41, 5.74) is -0.0299. The Balaban J connectivity index is 1.83. The van der Waals surface area contributed by atoms with Crippen LogP contribution in [-0.2, 0) is 20.7 Å². The second kappa shape index (κ2) is 6.65. The maximum atomic E-state index is 13.4. The van der Waals surface area contributed by atoms with Crippen LogP contribution in [0.4, 0.5) is 8.78 Å². The van der Waals surface area contributed by atoms with Crippen LogP contribution in [-0.4, -0.2) is 36.5 Å². The van der Waals surface area contributed by atoms with Crippen LogP contribution in [0.5, 0.6) is 0 Å². The van der Waals surface area contributed by atoms with Gasteiger partial charge in [0.1, 0.15) is 11.6 Å². The summed E-state index contributed by atoms with van der Waals surface area (Å²) in [4.78, 5) is 24.9. The molecule has 1 aliphatic rings. The van der Waals surface area contributed by atoms with Crippen molar-refractivity contribution in [3.63, 3.8) is 0 Å². The molecule has 1 fully saturated rings. The van der Waals surface area contributed by atoms with Crippen molar-refractivity contribution in [1.82, 2.24) is 4.90 Å². The lowest BCUT2D eigenvalue weighted by atomic mass is 10.1. The first-order valence-electron chi connectivity index (χ1n) is 6.87. The van der Waals surface area contributed by atoms with E-state index in [1.54, 1.807) is 4.90 Å². The van der Waals surface area contributed by atoms with E-state index in [0.717, 1.165) is 18.2 Å². The highest BCUT2D eigenvalue weighted by molar-refractivity contribution is 5.78. The van der Waals surface area contributed by atoms with Crippen molar-refractivity contribution in [2.75, 3.05) is 19.7 Å². The SMILES string of the molecule is CCN1C[C@@H](COC(=O)Cc2cc(F)ccc2F)CC1=O. The number of rotatable bonds is 5. The zero-order chi connectivity index (χ0) is 15.4. The van der Waals surface area contributed by atoms with Gasteiger partial charge < -0.3 is 9.64 Å². The quantitative estimate of drug-likeness (QED) is 0.780. The number of hydrogen-bond acceptors (Lipinski definition) is 3. The molecular formula is C15H17F2NO3. The number of benzene rings is 1. The lowest BCUT2D eigenvalue weighted by Gasteiger charge is -2.13. The fraction of sp³-hybridized carbons (Fsp3) is 0.467. The van der Waals surface area contributed by atoms with Crippen LogP contribution in [0.2, 0.25) is 0 Å². The van der Waals surface area contributed by atoms with Crippen LogP contribution in [0, 0.1) is 17.6 Å². The molecule has 0 bridgehead atoms. The van der Waals surface area contributed by atoms with Crippen molar-refractivity contribution in [1.29, 1.82) is 0 Å². The predicted octanol–water partition coefficient (Wildman–Crippen LogP) is 1.92. The minimum absolute atomic E-state index is 0.0289. The molecule has 0 radical (unpaired) electrons. The monoisotopic (exact) mass is 297 g/mol. The average Bonchev–Trinajstić information content (AvgIpc) is 2.81. The molecule has 0 spiro atoms. The van der Waals surface area contributed by atoms with Gasteiger partial charge in [-0.3, -0.25) is 9.59 Å². The minimum Gasteiger partial charge on any atom is -0.465 e. The molecule has 21 heavy (non-hydrogen) atoms. The number of hydrogen-bond donors (Lipinski definition) is 0. The van der Waals surface area contributed by atoms with E-state index in [0.29, 0.717) is 19.5 Å². The molecule has 1 saturated heterocycles. The highest BCUT2D eigenvalue weighted by Gasteiger charge is 2.29. The van der Waals surface area contributed by atoms with Gasteiger partial charge in [0, 0.05) is 31.0 Å². The maximum Gasteiger partial charge on any atom is 0.310 e. The highest BCUT2D eigenvalue weighted by Crippen LogP contribution is 2.18. The molecule has 0 unspecified atom stereocenters. The molecular weight excluding hydrogens is 280 g/mol. The third kappa shape index (κ3) is 4.00. The highest BCUT2D eigenvalue weighted by atomic mass is 19.1. The van der Waals surface area contributed by atoms with Gasteiger partial charge in [0.2, 0.25) is 5.91 Å². The van der Waals surface area contributed by atoms with E-state index in [2.05, 4.69) is 0 Å². The summed E-state index contributed by atoms with van der Waals surface area (Å²) in [5, 5.41) is 0. The third-order valence-corrected chi connectivity index (χ3v) is 3.50. The first kappa shape index (κ1) is 15.4. The Bertz CT molecular complexity index is 548. The van der Waals surface area contributed by atoms with Gasteiger partial charge in [-0.1, -0.05) is 0 Å². The Morgan fingerprint density at radius 1 is 1.43 bits per heavy atom. The smallest absolute Gasteiger partial charge is 0.310 e. The zero-order valence-corrected chi connectivity index (χ0v) is 11.8. The standard InChI is InChI=1S/C15H17F2NO3/c1-2-18-8-10(5-14(18)19)9-21-15(20)7-11-6-12(16)3-4-13(11)17/h3-4,6,10H,2,5,7-9H2,1H3/t10-/m0/s1. The largest absolute Gasteiger partial charge is 0.465 e. The van der Waals surface area contributed by atoms with Gasteiger partial charge in [0.15, 0.2) is 0 Å². The first-order chi connectivity index (χ1) is 9.99. The van der Waals surface area contributed by atoms with Crippen LogP contribution in [0.3, 0.4) is 0 Å². The van der Waals surface area contributed by atoms with Crippen LogP contribution in [0.1, 0.15) is 18.9 Å². The average molecular weight is 297 g/mol. The van der Waals surface area contributed by atoms with Crippen LogP contribution >= 0.6 is 0 Å². The summed E-state index contributed by atoms with van der Waals surface area (Å²) >= 11 is 0. The molecule has 1 aliphatic heterocycles. The molecule has 114 valence electrons. The second-order valence-electron chi connectivity index (χ2n) is 5.10. The Labute approximate surface area is 121 Å². The molecule has 1 amide bonds. The van der Waals surface area contributed by atoms with E-state index in [1.807, 2.05) is 6.92 Å². The number of likely N-dealkylation sites (tertiary alicyclic amines) is 1. The van der Waals surface area contributed by atoms with E-state index in [4.69, 9.17) is 4.74 Å². The number of halogens is 2. The van der Waals surface area contributed by atoms with Gasteiger partial charge in [-0.15, -0.1) is 0 Å². The number of ether oxygens (including phenoxy) is 1. The molecule has 1 atom stereocenters. The maximum absolute atomic E-state index is 13.4. The van der Waals surface area contributed by atoms with Crippen LogP contribution in [0.25, 0.3) is 0 Å². The molecule has 2 rings (SSSR count). The lowest BCUT2D eigenvalue weighted by Crippen LogP contribution is -2.25. The normalized spacial score (nSPS) is 18.1. The van der Waals surface area contributed by atoms with E-state index < -0.39 is 17.6 Å². The second-order valence-corrected chi connectivity index (χ2v) is 5.10. The van der Waals surface area contributed by atoms with Crippen LogP contribution in [0.15, 0.2) is 18.2 Å². The molecule has 6 heteroatoms. The van der Waals surface area contributed by atoms with Gasteiger partial charge >= 0.3 is 5.97 Å². The summed E-state index contributed by atoms with van der Waals surface area (Å²) in [6.07, 6.45) is 0.0389. The van der Waals surface area contributed by atoms with Crippen molar-refractivity contribution in [3.8, 4) is 0 Å². The summed E-state index contributed by atoms with van der Waals surface area (Å²) < 4.78 is 31.4. The predicted molar refractivity (Wildman–Crippen MR) is 71.4 cm³/mol. The van der Waals surface area contributed by atoms with E-state index in [1.165, 1.54) is 0 Å². The molecule has 4 nitrogen and oxygen atoms in total. The van der Waals surface area contributed by atoms with E-state index >= 15 is 0 Å². The van der Waals surface area contributed by atoms with Crippen LogP contribution < -0.4 is 0 Å². The molecule has 1 heterocycles. The fourth-order valence-electron chi connectivity index (χ4n) is 2.37. The number of carbonyl (C=O) groups is 2. The first-order valence-corrected chi connectivity index (χ1v) is 6.87. The van der Waals surface area contributed by atoms with E-state index in [9.17, 15) is 18.4 Å². The van der Waals surface area contributed by atoms with Crippen molar-refractivity contribution in [2.24, 2.45) is 5.92 Å². The Hall–Kier alpha value is -1.98. The summed E-state index contributed by atoms with van der Waals surface area (Å²) in [7, 11) is 0. The molecule has 0 N–H and O–H groups in total. The van der Waals surface area contributed by atoms with Gasteiger partial charge in [0.05, 0.1) is 13.0 Å². The Kier molecular flexibility index (Phi) is 4.88. The molecule has 0 aromatic heterocycles. The number of nitrogens with zero attached hydrogens (tertiary/aromatic N) is 1. The third-order valence-electron chi connectivity index (χ3n) is 3.50. The molecule has 0 saturated carbocycles. The molecule has 1 aromatic carbocycles. The van der Waals surface area contributed by atoms with Crippen molar-refractivity contribution in [2.45, 2.75) is 19.8 Å². The minimum atomic E-state index is -0.637. The van der Waals surface area contributed by atoms with Gasteiger partial charge in [0.25, 0.3) is 0 Å². The zero-order valence-electron chi connectivity index (χ0n) is 11.8. The summed E-state index contributed by atoms with van der Waals surface area (Å²) in [5.74, 6) is -1.84. The number of carbonyl (C=O) groups excluding carboxylic acids is 2. The summed E-state index contributed by atoms with van der Waals surface area (Å²) in [6.45, 7) is 3.21. The Morgan fingerprint density at radius 3 is 2.86 bits per heavy atom.